The van der Waals surface area contributed by atoms with Crippen molar-refractivity contribution in [3.05, 3.63) is 22.7 Å². The number of carbonyl (C=O) groups is 1. The summed E-state index contributed by atoms with van der Waals surface area (Å²) < 4.78 is 1.09. The van der Waals surface area contributed by atoms with E-state index in [4.69, 9.17) is 16.6 Å². The van der Waals surface area contributed by atoms with Crippen LogP contribution in [0, 0.1) is 12.8 Å². The average molecular weight is 394 g/mol. The number of rotatable bonds is 7. The lowest BCUT2D eigenvalue weighted by atomic mass is 10.1. The number of thiazole rings is 1. The molecule has 1 heterocycles. The zero-order valence-corrected chi connectivity index (χ0v) is 17.5. The van der Waals surface area contributed by atoms with Crippen molar-refractivity contribution < 1.29 is 4.79 Å². The maximum absolute atomic E-state index is 13.2. The van der Waals surface area contributed by atoms with Crippen LogP contribution in [-0.2, 0) is 4.79 Å². The number of carbonyl (C=O) groups excluding carboxylic acids is 1. The molecule has 1 aliphatic rings. The van der Waals surface area contributed by atoms with Crippen LogP contribution < -0.4 is 4.90 Å². The molecule has 6 heteroatoms. The maximum atomic E-state index is 13.2. The van der Waals surface area contributed by atoms with E-state index < -0.39 is 0 Å². The lowest BCUT2D eigenvalue weighted by Crippen LogP contribution is -2.41. The molecule has 26 heavy (non-hydrogen) atoms. The summed E-state index contributed by atoms with van der Waals surface area (Å²) in [4.78, 5) is 22.3. The smallest absolute Gasteiger partial charge is 0.231 e. The number of nitrogens with zero attached hydrogens (tertiary/aromatic N) is 3. The van der Waals surface area contributed by atoms with Crippen LogP contribution in [0.3, 0.4) is 0 Å². The van der Waals surface area contributed by atoms with Gasteiger partial charge in [-0.05, 0) is 50.6 Å². The van der Waals surface area contributed by atoms with Gasteiger partial charge in [0, 0.05) is 24.0 Å². The Morgan fingerprint density at radius 2 is 1.92 bits per heavy atom. The standard InChI is InChI=1S/C20H28ClN3OS/c1-4-23(5-2)12-13-24(19(25)15-8-6-7-9-15)20-22-18-14(3)16(21)10-11-17(18)26-20/h10-11,15H,4-9,12-13H2,1-3H3. The zero-order valence-electron chi connectivity index (χ0n) is 15.9. The van der Waals surface area contributed by atoms with Crippen molar-refractivity contribution >= 4 is 44.2 Å². The topological polar surface area (TPSA) is 36.4 Å². The largest absolute Gasteiger partial charge is 0.302 e. The molecule has 1 saturated carbocycles. The molecule has 0 N–H and O–H groups in total. The van der Waals surface area contributed by atoms with Gasteiger partial charge in [-0.2, -0.15) is 0 Å². The highest BCUT2D eigenvalue weighted by Crippen LogP contribution is 2.35. The van der Waals surface area contributed by atoms with E-state index in [1.165, 1.54) is 0 Å². The first kappa shape index (κ1) is 19.6. The highest BCUT2D eigenvalue weighted by atomic mass is 35.5. The Hall–Kier alpha value is -1.17. The molecule has 1 fully saturated rings. The van der Waals surface area contributed by atoms with Crippen LogP contribution in [0.1, 0.15) is 45.1 Å². The number of benzene rings is 1. The van der Waals surface area contributed by atoms with Crippen LogP contribution in [0.5, 0.6) is 0 Å². The summed E-state index contributed by atoms with van der Waals surface area (Å²) in [7, 11) is 0. The van der Waals surface area contributed by atoms with Crippen molar-refractivity contribution in [1.82, 2.24) is 9.88 Å². The number of aromatic nitrogens is 1. The molecule has 0 aliphatic heterocycles. The molecule has 0 atom stereocenters. The first-order valence-electron chi connectivity index (χ1n) is 9.64. The van der Waals surface area contributed by atoms with Crippen molar-refractivity contribution in [3.63, 3.8) is 0 Å². The minimum atomic E-state index is 0.156. The third-order valence-electron chi connectivity index (χ3n) is 5.47. The number of hydrogen-bond donors (Lipinski definition) is 0. The van der Waals surface area contributed by atoms with Crippen molar-refractivity contribution in [2.45, 2.75) is 46.5 Å². The van der Waals surface area contributed by atoms with Gasteiger partial charge in [-0.1, -0.05) is 49.6 Å². The molecule has 1 aromatic carbocycles. The number of aryl methyl sites for hydroxylation is 1. The van der Waals surface area contributed by atoms with Crippen molar-refractivity contribution in [2.75, 3.05) is 31.1 Å². The van der Waals surface area contributed by atoms with Crippen LogP contribution in [-0.4, -0.2) is 42.0 Å². The minimum absolute atomic E-state index is 0.156. The van der Waals surface area contributed by atoms with Gasteiger partial charge in [0.05, 0.1) is 10.2 Å². The first-order chi connectivity index (χ1) is 12.5. The fourth-order valence-electron chi connectivity index (χ4n) is 3.68. The Kier molecular flexibility index (Phi) is 6.54. The molecule has 0 spiro atoms. The molecule has 3 rings (SSSR count). The number of anilines is 1. The minimum Gasteiger partial charge on any atom is -0.302 e. The Morgan fingerprint density at radius 1 is 1.23 bits per heavy atom. The van der Waals surface area contributed by atoms with Gasteiger partial charge in [-0.25, -0.2) is 4.98 Å². The Bertz CT molecular complexity index is 766. The van der Waals surface area contributed by atoms with Crippen molar-refractivity contribution in [1.29, 1.82) is 0 Å². The second-order valence-electron chi connectivity index (χ2n) is 7.01. The summed E-state index contributed by atoms with van der Waals surface area (Å²) in [5.41, 5.74) is 1.91. The van der Waals surface area contributed by atoms with E-state index in [0.29, 0.717) is 6.54 Å². The molecule has 2 aromatic rings. The van der Waals surface area contributed by atoms with Crippen LogP contribution in [0.25, 0.3) is 10.2 Å². The van der Waals surface area contributed by atoms with Crippen molar-refractivity contribution in [3.8, 4) is 0 Å². The molecule has 0 saturated heterocycles. The van der Waals surface area contributed by atoms with E-state index in [1.807, 2.05) is 24.0 Å². The van der Waals surface area contributed by atoms with Gasteiger partial charge in [0.15, 0.2) is 5.13 Å². The molecule has 142 valence electrons. The maximum Gasteiger partial charge on any atom is 0.231 e. The molecule has 1 aromatic heterocycles. The summed E-state index contributed by atoms with van der Waals surface area (Å²) >= 11 is 7.86. The summed E-state index contributed by atoms with van der Waals surface area (Å²) in [5, 5.41) is 1.54. The highest BCUT2D eigenvalue weighted by Gasteiger charge is 2.30. The van der Waals surface area contributed by atoms with E-state index >= 15 is 0 Å². The monoisotopic (exact) mass is 393 g/mol. The second-order valence-corrected chi connectivity index (χ2v) is 8.43. The summed E-state index contributed by atoms with van der Waals surface area (Å²) in [6.45, 7) is 9.89. The molecule has 0 radical (unpaired) electrons. The van der Waals surface area contributed by atoms with E-state index in [-0.39, 0.29) is 11.8 Å². The molecular formula is C20H28ClN3OS. The van der Waals surface area contributed by atoms with Gasteiger partial charge < -0.3 is 4.90 Å². The number of fused-ring (bicyclic) bond motifs is 1. The van der Waals surface area contributed by atoms with E-state index in [9.17, 15) is 4.79 Å². The first-order valence-corrected chi connectivity index (χ1v) is 10.8. The quantitative estimate of drug-likeness (QED) is 0.654. The molecule has 0 unspecified atom stereocenters. The van der Waals surface area contributed by atoms with Gasteiger partial charge in [0.2, 0.25) is 5.91 Å². The lowest BCUT2D eigenvalue weighted by Gasteiger charge is -2.26. The van der Waals surface area contributed by atoms with Gasteiger partial charge >= 0.3 is 0 Å². The number of halogens is 1. The fourth-order valence-corrected chi connectivity index (χ4v) is 4.89. The SMILES string of the molecule is CCN(CC)CCN(C(=O)C1CCCC1)c1nc2c(C)c(Cl)ccc2s1. The normalized spacial score (nSPS) is 15.3. The molecule has 0 bridgehead atoms. The molecule has 4 nitrogen and oxygen atoms in total. The summed E-state index contributed by atoms with van der Waals surface area (Å²) in [6, 6.07) is 3.93. The zero-order chi connectivity index (χ0) is 18.7. The van der Waals surface area contributed by atoms with Crippen molar-refractivity contribution in [2.24, 2.45) is 5.92 Å². The van der Waals surface area contributed by atoms with Gasteiger partial charge in [-0.3, -0.25) is 9.69 Å². The number of likely N-dealkylation sites (N-methyl/N-ethyl adjacent to an activating group) is 1. The summed E-state index contributed by atoms with van der Waals surface area (Å²) in [6.07, 6.45) is 4.34. The average Bonchev–Trinajstić information content (AvgIpc) is 3.31. The van der Waals surface area contributed by atoms with E-state index in [1.54, 1.807) is 11.3 Å². The Labute approximate surface area is 165 Å². The molecule has 1 amide bonds. The van der Waals surface area contributed by atoms with Gasteiger partial charge in [0.25, 0.3) is 0 Å². The number of hydrogen-bond acceptors (Lipinski definition) is 4. The Balaban J connectivity index is 1.91. The van der Waals surface area contributed by atoms with Crippen LogP contribution >= 0.6 is 22.9 Å². The molecule has 1 aliphatic carbocycles. The third kappa shape index (κ3) is 4.05. The fraction of sp³-hybridized carbons (Fsp3) is 0.600. The van der Waals surface area contributed by atoms with E-state index in [2.05, 4.69) is 18.7 Å². The second kappa shape index (κ2) is 8.68. The lowest BCUT2D eigenvalue weighted by molar-refractivity contribution is -0.122. The van der Waals surface area contributed by atoms with Crippen LogP contribution in [0.4, 0.5) is 5.13 Å². The van der Waals surface area contributed by atoms with Crippen LogP contribution in [0.15, 0.2) is 12.1 Å². The van der Waals surface area contributed by atoms with E-state index in [0.717, 1.165) is 71.3 Å². The predicted octanol–water partition coefficient (Wildman–Crippen LogP) is 5.12. The predicted molar refractivity (Wildman–Crippen MR) is 111 cm³/mol. The van der Waals surface area contributed by atoms with Crippen LogP contribution in [0.2, 0.25) is 5.02 Å². The van der Waals surface area contributed by atoms with Gasteiger partial charge in [0.1, 0.15) is 0 Å². The molecular weight excluding hydrogens is 366 g/mol. The van der Waals surface area contributed by atoms with Gasteiger partial charge in [-0.15, -0.1) is 0 Å². The Morgan fingerprint density at radius 3 is 2.58 bits per heavy atom. The highest BCUT2D eigenvalue weighted by molar-refractivity contribution is 7.22. The summed E-state index contributed by atoms with van der Waals surface area (Å²) in [5.74, 6) is 0.404. The number of amides is 1. The third-order valence-corrected chi connectivity index (χ3v) is 6.93.